The SMILES string of the molecule is C.C=C(O)C1CCC(C(C)(O)C(C)C)CC1.C=C(O)c1ccc2c(c1)CCCC2(O)C(C)C.CC(=O)C1CCC(O)(C(C)C)CC1(C)C.CC(=O)C1CCC(O)(C(C)C)CC1C.CC(C)C1(O)CCC1. The summed E-state index contributed by atoms with van der Waals surface area (Å²) in [6.07, 6.45) is 14.7. The zero-order chi connectivity index (χ0) is 53.2. The summed E-state index contributed by atoms with van der Waals surface area (Å²) in [6.45, 7) is 39.3. The lowest BCUT2D eigenvalue weighted by molar-refractivity contribution is -0.136. The second-order valence-corrected chi connectivity index (χ2v) is 25.1. The number of rotatable bonds is 10. The van der Waals surface area contributed by atoms with Crippen molar-refractivity contribution in [2.45, 2.75) is 249 Å². The highest BCUT2D eigenvalue weighted by atomic mass is 16.3. The summed E-state index contributed by atoms with van der Waals surface area (Å²) in [5.41, 5.74) is 0.162. The maximum atomic E-state index is 11.5. The van der Waals surface area contributed by atoms with Crippen molar-refractivity contribution in [3.8, 4) is 0 Å². The number of carbonyl (C=O) groups excluding carboxylic acids is 2. The molecule has 5 aliphatic carbocycles. The van der Waals surface area contributed by atoms with E-state index in [-0.39, 0.29) is 77.2 Å². The molecule has 1 aromatic carbocycles. The van der Waals surface area contributed by atoms with E-state index in [1.807, 2.05) is 39.0 Å². The van der Waals surface area contributed by atoms with E-state index in [0.717, 1.165) is 113 Å². The summed E-state index contributed by atoms with van der Waals surface area (Å²) in [6, 6.07) is 5.72. The summed E-state index contributed by atoms with van der Waals surface area (Å²) in [7, 11) is 0. The number of carbonyl (C=O) groups is 2. The topological polar surface area (TPSA) is 176 Å². The van der Waals surface area contributed by atoms with Crippen molar-refractivity contribution >= 4 is 17.3 Å². The quantitative estimate of drug-likeness (QED) is 0.113. The third-order valence-corrected chi connectivity index (χ3v) is 18.3. The standard InChI is InChI=1S/C15H20O2.2C13H24O2.C12H22O2.C7H14O.CH4/c1-10(2)15(17)8-4-5-13-9-12(11(3)16)6-7-14(13)15;1-9(2)13(15)7-6-11(10(3)14)12(4,5)8-13;1-9(2)13(4,15)12-7-5-11(6-8-12)10(3)14;1-8(2)12(14)6-5-11(10(4)13)9(3)7-12;1-6(2)7(8)4-3-5-7;/h6-7,9-10,16-17H,3-5,8H2,1-2H3;9,11,15H,6-8H2,1-5H3;9,11-12,14-15H,3,5-8H2,1-2,4H3;8-9,11,14H,5-7H2,1-4H3;6,8H,3-5H2,1-2H3;1H4. The van der Waals surface area contributed by atoms with Crippen molar-refractivity contribution in [2.75, 3.05) is 0 Å². The first-order valence-electron chi connectivity index (χ1n) is 27.0. The summed E-state index contributed by atoms with van der Waals surface area (Å²) in [5.74, 6) is 3.70. The molecule has 0 heterocycles. The van der Waals surface area contributed by atoms with Crippen LogP contribution >= 0.6 is 0 Å². The molecule has 0 amide bonds. The Kier molecular flexibility index (Phi) is 24.9. The number of aliphatic hydroxyl groups is 7. The van der Waals surface area contributed by atoms with E-state index in [1.54, 1.807) is 13.8 Å². The zero-order valence-corrected chi connectivity index (χ0v) is 46.7. The van der Waals surface area contributed by atoms with Crippen molar-refractivity contribution in [3.05, 3.63) is 53.8 Å². The Bertz CT molecular complexity index is 1810. The molecule has 0 radical (unpaired) electrons. The number of fused-ring (bicyclic) bond motifs is 1. The summed E-state index contributed by atoms with van der Waals surface area (Å²) in [4.78, 5) is 22.8. The molecule has 70 heavy (non-hydrogen) atoms. The molecule has 0 aliphatic heterocycles. The van der Waals surface area contributed by atoms with Crippen molar-refractivity contribution in [1.82, 2.24) is 0 Å². The Hall–Kier alpha value is -2.56. The third kappa shape index (κ3) is 17.0. The van der Waals surface area contributed by atoms with Gasteiger partial charge in [0.15, 0.2) is 0 Å². The number of ketones is 2. The molecule has 6 rings (SSSR count). The summed E-state index contributed by atoms with van der Waals surface area (Å²) < 4.78 is 0. The number of aryl methyl sites for hydroxylation is 1. The minimum atomic E-state index is -0.719. The Labute approximate surface area is 428 Å². The fourth-order valence-corrected chi connectivity index (χ4v) is 11.9. The molecule has 0 spiro atoms. The number of hydrogen-bond donors (Lipinski definition) is 7. The normalized spacial score (nSPS) is 30.7. The number of allylic oxidation sites excluding steroid dienone is 1. The smallest absolute Gasteiger partial charge is 0.133 e. The van der Waals surface area contributed by atoms with Gasteiger partial charge in [-0.2, -0.15) is 0 Å². The van der Waals surface area contributed by atoms with Gasteiger partial charge >= 0.3 is 0 Å². The lowest BCUT2D eigenvalue weighted by atomic mass is 9.60. The van der Waals surface area contributed by atoms with E-state index in [9.17, 15) is 45.3 Å². The highest BCUT2D eigenvalue weighted by Crippen LogP contribution is 2.48. The molecule has 9 heteroatoms. The van der Waals surface area contributed by atoms with Gasteiger partial charge in [-0.05, 0) is 188 Å². The van der Waals surface area contributed by atoms with Gasteiger partial charge in [0, 0.05) is 23.3 Å². The van der Waals surface area contributed by atoms with Crippen LogP contribution < -0.4 is 0 Å². The molecule has 4 fully saturated rings. The zero-order valence-electron chi connectivity index (χ0n) is 46.7. The molecule has 5 aliphatic rings. The van der Waals surface area contributed by atoms with E-state index in [2.05, 4.69) is 89.3 Å². The Morgan fingerprint density at radius 1 is 0.686 bits per heavy atom. The predicted molar refractivity (Wildman–Crippen MR) is 291 cm³/mol. The highest BCUT2D eigenvalue weighted by molar-refractivity contribution is 5.79. The molecule has 9 nitrogen and oxygen atoms in total. The Morgan fingerprint density at radius 3 is 1.56 bits per heavy atom. The lowest BCUT2D eigenvalue weighted by Gasteiger charge is -2.47. The fraction of sp³-hybridized carbons (Fsp3) is 0.803. The van der Waals surface area contributed by atoms with Crippen LogP contribution in [0, 0.1) is 64.6 Å². The van der Waals surface area contributed by atoms with E-state index >= 15 is 0 Å². The van der Waals surface area contributed by atoms with Crippen LogP contribution in [0.5, 0.6) is 0 Å². The van der Waals surface area contributed by atoms with E-state index in [4.69, 9.17) is 0 Å². The van der Waals surface area contributed by atoms with Gasteiger partial charge in [-0.15, -0.1) is 0 Å². The van der Waals surface area contributed by atoms with Crippen LogP contribution in [0.2, 0.25) is 0 Å². The van der Waals surface area contributed by atoms with Gasteiger partial charge in [0.25, 0.3) is 0 Å². The monoisotopic (exact) mass is 985 g/mol. The first-order chi connectivity index (χ1) is 31.5. The van der Waals surface area contributed by atoms with Gasteiger partial charge in [0.2, 0.25) is 0 Å². The third-order valence-electron chi connectivity index (χ3n) is 18.3. The lowest BCUT2D eigenvalue weighted by Crippen LogP contribution is -2.48. The van der Waals surface area contributed by atoms with Gasteiger partial charge in [0.05, 0.1) is 33.8 Å². The number of aliphatic hydroxyl groups excluding tert-OH is 2. The molecule has 7 unspecified atom stereocenters. The molecule has 1 aromatic rings. The van der Waals surface area contributed by atoms with E-state index < -0.39 is 22.4 Å². The molecule has 7 N–H and O–H groups in total. The van der Waals surface area contributed by atoms with Gasteiger partial charge in [0.1, 0.15) is 17.3 Å². The molecule has 0 saturated heterocycles. The van der Waals surface area contributed by atoms with Crippen LogP contribution in [0.25, 0.3) is 5.76 Å². The second kappa shape index (κ2) is 26.6. The Morgan fingerprint density at radius 2 is 1.20 bits per heavy atom. The molecule has 4 saturated carbocycles. The first-order valence-corrected chi connectivity index (χ1v) is 27.0. The van der Waals surface area contributed by atoms with E-state index in [1.165, 1.54) is 6.42 Å². The minimum Gasteiger partial charge on any atom is -0.513 e. The van der Waals surface area contributed by atoms with Crippen molar-refractivity contribution < 1.29 is 45.3 Å². The summed E-state index contributed by atoms with van der Waals surface area (Å²) in [5, 5.41) is 70.1. The fourth-order valence-electron chi connectivity index (χ4n) is 11.9. The van der Waals surface area contributed by atoms with Crippen LogP contribution in [0.4, 0.5) is 0 Å². The van der Waals surface area contributed by atoms with Crippen molar-refractivity contribution in [1.29, 1.82) is 0 Å². The van der Waals surface area contributed by atoms with Crippen LogP contribution in [0.3, 0.4) is 0 Å². The van der Waals surface area contributed by atoms with Crippen molar-refractivity contribution in [3.63, 3.8) is 0 Å². The number of benzene rings is 1. The molecule has 0 aromatic heterocycles. The van der Waals surface area contributed by atoms with Crippen LogP contribution in [-0.4, -0.2) is 69.7 Å². The van der Waals surface area contributed by atoms with Gasteiger partial charge in [-0.3, -0.25) is 9.59 Å². The predicted octanol–water partition coefficient (Wildman–Crippen LogP) is 14.0. The van der Waals surface area contributed by atoms with Crippen LogP contribution in [0.1, 0.15) is 231 Å². The average Bonchev–Trinajstić information content (AvgIpc) is 3.22. The van der Waals surface area contributed by atoms with Gasteiger partial charge < -0.3 is 35.7 Å². The minimum absolute atomic E-state index is 0. The number of Topliss-reactive ketones (excluding diaryl/α,β-unsaturated/α-hetero) is 2. The number of hydrogen-bond acceptors (Lipinski definition) is 9. The summed E-state index contributed by atoms with van der Waals surface area (Å²) >= 11 is 0. The van der Waals surface area contributed by atoms with Crippen molar-refractivity contribution in [2.24, 2.45) is 64.6 Å². The molecular formula is C61H108O9. The van der Waals surface area contributed by atoms with E-state index in [0.29, 0.717) is 23.5 Å². The average molecular weight is 986 g/mol. The second-order valence-electron chi connectivity index (χ2n) is 25.1. The highest BCUT2D eigenvalue weighted by Gasteiger charge is 2.47. The van der Waals surface area contributed by atoms with Gasteiger partial charge in [-0.1, -0.05) is 123 Å². The molecule has 7 atom stereocenters. The maximum Gasteiger partial charge on any atom is 0.133 e. The van der Waals surface area contributed by atoms with Gasteiger partial charge in [-0.25, -0.2) is 0 Å². The van der Waals surface area contributed by atoms with Crippen LogP contribution in [0.15, 0.2) is 37.1 Å². The maximum absolute atomic E-state index is 11.5. The first kappa shape index (κ1) is 65.5. The molecule has 406 valence electrons. The molecule has 0 bridgehead atoms. The molecular weight excluding hydrogens is 877 g/mol. The Balaban J connectivity index is 0.000000442. The largest absolute Gasteiger partial charge is 0.513 e. The van der Waals surface area contributed by atoms with Crippen LogP contribution in [-0.2, 0) is 21.6 Å².